The van der Waals surface area contributed by atoms with Crippen LogP contribution in [0.5, 0.6) is 0 Å². The molecule has 0 aromatic heterocycles. The smallest absolute Gasteiger partial charge is 0.451 e. The Bertz CT molecular complexity index is 632. The van der Waals surface area contributed by atoms with Crippen LogP contribution >= 0.6 is 0 Å². The molecular formula is C14H15F3N2O2. The highest BCUT2D eigenvalue weighted by molar-refractivity contribution is 5.93. The van der Waals surface area contributed by atoms with Crippen molar-refractivity contribution in [3.05, 3.63) is 40.3 Å². The molecule has 1 rings (SSSR count). The Labute approximate surface area is 120 Å². The molecule has 21 heavy (non-hydrogen) atoms. The Kier molecular flexibility index (Phi) is 4.88. The molecule has 0 aliphatic rings. The molecule has 0 atom stereocenters. The molecule has 0 bridgehead atoms. The summed E-state index contributed by atoms with van der Waals surface area (Å²) in [6.07, 6.45) is -5.04. The number of hydrogen-bond donors (Lipinski definition) is 1. The summed E-state index contributed by atoms with van der Waals surface area (Å²) in [5.74, 6) is -3.06. The fourth-order valence-electron chi connectivity index (χ4n) is 1.58. The van der Waals surface area contributed by atoms with Gasteiger partial charge in [0.25, 0.3) is 0 Å². The van der Waals surface area contributed by atoms with Crippen molar-refractivity contribution in [3.8, 4) is 0 Å². The summed E-state index contributed by atoms with van der Waals surface area (Å²) in [6.45, 7) is 6.31. The number of carbonyl (C=O) groups is 1. The second-order valence-corrected chi connectivity index (χ2v) is 4.67. The Balaban J connectivity index is 3.29. The van der Waals surface area contributed by atoms with Gasteiger partial charge in [-0.25, -0.2) is 0 Å². The molecule has 0 unspecified atom stereocenters. The van der Waals surface area contributed by atoms with Crippen LogP contribution in [0.15, 0.2) is 33.8 Å². The molecule has 0 spiro atoms. The van der Waals surface area contributed by atoms with Crippen LogP contribution in [0.1, 0.15) is 23.6 Å². The van der Waals surface area contributed by atoms with Gasteiger partial charge < -0.3 is 5.11 Å². The van der Waals surface area contributed by atoms with Crippen LogP contribution in [0, 0.1) is 20.8 Å². The van der Waals surface area contributed by atoms with Crippen molar-refractivity contribution in [2.45, 2.75) is 33.9 Å². The maximum atomic E-state index is 12.4. The molecule has 114 valence electrons. The van der Waals surface area contributed by atoms with E-state index >= 15 is 0 Å². The Morgan fingerprint density at radius 1 is 1.10 bits per heavy atom. The summed E-state index contributed by atoms with van der Waals surface area (Å²) in [4.78, 5) is 11.2. The van der Waals surface area contributed by atoms with Crippen LogP contribution in [0.4, 0.5) is 18.9 Å². The second kappa shape index (κ2) is 6.07. The van der Waals surface area contributed by atoms with Gasteiger partial charge in [-0.1, -0.05) is 6.07 Å². The van der Waals surface area contributed by atoms with Gasteiger partial charge in [-0.3, -0.25) is 4.79 Å². The van der Waals surface area contributed by atoms with Gasteiger partial charge in [0.05, 0.1) is 5.69 Å². The third kappa shape index (κ3) is 4.14. The van der Waals surface area contributed by atoms with Crippen LogP contribution in [0.25, 0.3) is 0 Å². The normalized spacial score (nSPS) is 13.5. The van der Waals surface area contributed by atoms with Crippen molar-refractivity contribution in [2.75, 3.05) is 0 Å². The number of aliphatic hydroxyl groups excluding tert-OH is 1. The quantitative estimate of drug-likeness (QED) is 0.503. The third-order valence-corrected chi connectivity index (χ3v) is 2.90. The van der Waals surface area contributed by atoms with Crippen LogP contribution in [0.3, 0.4) is 0 Å². The molecule has 0 aliphatic heterocycles. The summed E-state index contributed by atoms with van der Waals surface area (Å²) in [5, 5.41) is 16.0. The number of ketones is 1. The number of azo groups is 1. The predicted octanol–water partition coefficient (Wildman–Crippen LogP) is 4.62. The van der Waals surface area contributed by atoms with E-state index in [1.165, 1.54) is 0 Å². The molecule has 0 amide bonds. The largest absolute Gasteiger partial charge is 0.503 e. The minimum atomic E-state index is -5.04. The lowest BCUT2D eigenvalue weighted by molar-refractivity contribution is -0.126. The first-order valence-electron chi connectivity index (χ1n) is 6.05. The highest BCUT2D eigenvalue weighted by atomic mass is 19.4. The maximum Gasteiger partial charge on any atom is 0.451 e. The lowest BCUT2D eigenvalue weighted by atomic mass is 10.1. The van der Waals surface area contributed by atoms with E-state index in [1.807, 2.05) is 19.9 Å². The van der Waals surface area contributed by atoms with E-state index < -0.39 is 23.4 Å². The van der Waals surface area contributed by atoms with Gasteiger partial charge in [0.1, 0.15) is 0 Å². The van der Waals surface area contributed by atoms with Crippen LogP contribution in [0.2, 0.25) is 0 Å². The van der Waals surface area contributed by atoms with E-state index in [4.69, 9.17) is 5.11 Å². The number of halogens is 3. The first-order chi connectivity index (χ1) is 9.54. The van der Waals surface area contributed by atoms with E-state index in [0.717, 1.165) is 18.1 Å². The lowest BCUT2D eigenvalue weighted by Crippen LogP contribution is -2.16. The first kappa shape index (κ1) is 16.9. The number of Topliss-reactive ketones (excluding diaryl/α,β-unsaturated/α-hetero) is 1. The van der Waals surface area contributed by atoms with E-state index in [-0.39, 0.29) is 0 Å². The molecule has 1 aromatic carbocycles. The zero-order valence-electron chi connectivity index (χ0n) is 12.0. The minimum absolute atomic E-state index is 0.340. The van der Waals surface area contributed by atoms with Crippen molar-refractivity contribution in [3.63, 3.8) is 0 Å². The van der Waals surface area contributed by atoms with Crippen LogP contribution < -0.4 is 0 Å². The zero-order valence-corrected chi connectivity index (χ0v) is 12.0. The van der Waals surface area contributed by atoms with Gasteiger partial charge in [-0.15, -0.1) is 5.11 Å². The van der Waals surface area contributed by atoms with Gasteiger partial charge in [-0.2, -0.15) is 18.3 Å². The molecule has 0 aliphatic carbocycles. The van der Waals surface area contributed by atoms with Crippen molar-refractivity contribution >= 4 is 11.5 Å². The topological polar surface area (TPSA) is 62.0 Å². The molecular weight excluding hydrogens is 285 g/mol. The SMILES string of the molecule is CC(=O)C(N=Nc1cc(C)c(C)cc1C)=C(O)C(F)(F)F. The number of alkyl halides is 3. The van der Waals surface area contributed by atoms with Gasteiger partial charge in [-0.05, 0) is 43.5 Å². The van der Waals surface area contributed by atoms with E-state index in [9.17, 15) is 18.0 Å². The number of aliphatic hydroxyl groups is 1. The van der Waals surface area contributed by atoms with E-state index in [1.54, 1.807) is 13.0 Å². The summed E-state index contributed by atoms with van der Waals surface area (Å²) >= 11 is 0. The number of carbonyl (C=O) groups excluding carboxylic acids is 1. The fourth-order valence-corrected chi connectivity index (χ4v) is 1.58. The van der Waals surface area contributed by atoms with Crippen molar-refractivity contribution in [1.82, 2.24) is 0 Å². The highest BCUT2D eigenvalue weighted by Gasteiger charge is 2.38. The third-order valence-electron chi connectivity index (χ3n) is 2.90. The standard InChI is InChI=1S/C14H15F3N2O2/c1-7-5-9(3)11(6-8(7)2)18-19-12(10(4)20)13(21)14(15,16)17/h5-6,21H,1-4H3. The number of nitrogens with zero attached hydrogens (tertiary/aromatic N) is 2. The molecule has 1 aromatic rings. The molecule has 4 nitrogen and oxygen atoms in total. The van der Waals surface area contributed by atoms with Gasteiger partial charge in [0.15, 0.2) is 11.5 Å². The van der Waals surface area contributed by atoms with E-state index in [2.05, 4.69) is 10.2 Å². The predicted molar refractivity (Wildman–Crippen MR) is 71.6 cm³/mol. The van der Waals surface area contributed by atoms with Crippen LogP contribution in [-0.4, -0.2) is 17.1 Å². The fraction of sp³-hybridized carbons (Fsp3) is 0.357. The zero-order chi connectivity index (χ0) is 16.4. The number of benzene rings is 1. The lowest BCUT2D eigenvalue weighted by Gasteiger charge is -2.07. The van der Waals surface area contributed by atoms with Crippen LogP contribution in [-0.2, 0) is 4.79 Å². The molecule has 0 saturated carbocycles. The average Bonchev–Trinajstić information content (AvgIpc) is 2.33. The molecule has 0 fully saturated rings. The summed E-state index contributed by atoms with van der Waals surface area (Å²) < 4.78 is 37.3. The van der Waals surface area contributed by atoms with Gasteiger partial charge in [0, 0.05) is 6.92 Å². The van der Waals surface area contributed by atoms with Crippen molar-refractivity contribution in [2.24, 2.45) is 10.2 Å². The van der Waals surface area contributed by atoms with Crippen molar-refractivity contribution in [1.29, 1.82) is 0 Å². The summed E-state index contributed by atoms with van der Waals surface area (Å²) in [5.41, 5.74) is 1.83. The molecule has 1 N–H and O–H groups in total. The minimum Gasteiger partial charge on any atom is -0.503 e. The molecule has 7 heteroatoms. The number of aryl methyl sites for hydroxylation is 3. The summed E-state index contributed by atoms with van der Waals surface area (Å²) in [6, 6.07) is 3.46. The monoisotopic (exact) mass is 300 g/mol. The Hall–Kier alpha value is -2.18. The van der Waals surface area contributed by atoms with Gasteiger partial charge >= 0.3 is 6.18 Å². The van der Waals surface area contributed by atoms with E-state index in [0.29, 0.717) is 11.3 Å². The Morgan fingerprint density at radius 3 is 2.10 bits per heavy atom. The number of rotatable bonds is 3. The Morgan fingerprint density at radius 2 is 1.62 bits per heavy atom. The van der Waals surface area contributed by atoms with Crippen molar-refractivity contribution < 1.29 is 23.1 Å². The second-order valence-electron chi connectivity index (χ2n) is 4.67. The molecule has 0 heterocycles. The number of hydrogen-bond acceptors (Lipinski definition) is 4. The summed E-state index contributed by atoms with van der Waals surface area (Å²) in [7, 11) is 0. The highest BCUT2D eigenvalue weighted by Crippen LogP contribution is 2.29. The first-order valence-corrected chi connectivity index (χ1v) is 6.05. The molecule has 0 radical (unpaired) electrons. The average molecular weight is 300 g/mol. The number of allylic oxidation sites excluding steroid dienone is 2. The maximum absolute atomic E-state index is 12.4. The van der Waals surface area contributed by atoms with Gasteiger partial charge in [0.2, 0.25) is 5.76 Å². The molecule has 0 saturated heterocycles.